The molecule has 6 unspecified atom stereocenters. The highest BCUT2D eigenvalue weighted by Gasteiger charge is 2.59. The molecular formula is C43H52F24O29. The Hall–Kier alpha value is -8.78. The molecule has 6 atom stereocenters. The molecule has 53 heteroatoms. The van der Waals surface area contributed by atoms with E-state index in [0.717, 1.165) is 14.2 Å². The van der Waals surface area contributed by atoms with Crippen LogP contribution in [0.5, 0.6) is 0 Å². The number of hydrogen-bond donors (Lipinski definition) is 0. The lowest BCUT2D eigenvalue weighted by Crippen LogP contribution is -2.40. The zero-order valence-electron chi connectivity index (χ0n) is 48.7. The summed E-state index contributed by atoms with van der Waals surface area (Å²) in [4.78, 5) is 99.9. The minimum atomic E-state index is -5.64. The number of methoxy groups -OCH3 is 3. The third-order valence-electron chi connectivity index (χ3n) is 7.50. The van der Waals surface area contributed by atoms with Gasteiger partial charge in [-0.15, -0.1) is 0 Å². The fourth-order valence-electron chi connectivity index (χ4n) is 3.65. The third kappa shape index (κ3) is 59.0. The summed E-state index contributed by atoms with van der Waals surface area (Å²) in [7, 11) is 3.36. The Kier molecular flexibility index (Phi) is 48.8. The molecule has 566 valence electrons. The van der Waals surface area contributed by atoms with Crippen LogP contribution in [0.2, 0.25) is 0 Å². The first-order valence-corrected chi connectivity index (χ1v) is 24.2. The van der Waals surface area contributed by atoms with Gasteiger partial charge in [-0.1, -0.05) is 13.8 Å². The number of cyclic esters (lactones) is 10. The Morgan fingerprint density at radius 1 is 0.469 bits per heavy atom. The van der Waals surface area contributed by atoms with Crippen molar-refractivity contribution in [1.29, 1.82) is 0 Å². The first-order chi connectivity index (χ1) is 43.7. The number of esters is 1. The van der Waals surface area contributed by atoms with Gasteiger partial charge < -0.3 is 90.0 Å². The minimum absolute atomic E-state index is 0.00328. The van der Waals surface area contributed by atoms with Crippen LogP contribution in [0.15, 0.2) is 0 Å². The summed E-state index contributed by atoms with van der Waals surface area (Å²) >= 11 is 0. The fourth-order valence-corrected chi connectivity index (χ4v) is 3.65. The quantitative estimate of drug-likeness (QED) is 0.0995. The molecule has 0 aromatic carbocycles. The average Bonchev–Trinajstić information content (AvgIpc) is 1.71. The maximum absolute atomic E-state index is 12.3. The number of rotatable bonds is 12. The van der Waals surface area contributed by atoms with Crippen molar-refractivity contribution in [1.82, 2.24) is 0 Å². The van der Waals surface area contributed by atoms with Crippen LogP contribution in [0.1, 0.15) is 40.0 Å². The molecular weight excluding hydrogens is 1440 g/mol. The molecule has 96 heavy (non-hydrogen) atoms. The summed E-state index contributed by atoms with van der Waals surface area (Å²) in [5, 5.41) is 0. The Morgan fingerprint density at radius 2 is 0.875 bits per heavy atom. The van der Waals surface area contributed by atoms with Gasteiger partial charge in [0.25, 0.3) is 19.2 Å². The van der Waals surface area contributed by atoms with Crippen molar-refractivity contribution in [2.24, 2.45) is 0 Å². The lowest BCUT2D eigenvalue weighted by molar-refractivity contribution is -0.289. The summed E-state index contributed by atoms with van der Waals surface area (Å²) in [5.41, 5.74) is 0. The van der Waals surface area contributed by atoms with E-state index in [0.29, 0.717) is 12.8 Å². The summed E-state index contributed by atoms with van der Waals surface area (Å²) in [6.07, 6.45) is -51.3. The van der Waals surface area contributed by atoms with Crippen LogP contribution in [0.4, 0.5) is 149 Å². The van der Waals surface area contributed by atoms with Crippen molar-refractivity contribution in [2.45, 2.75) is 127 Å². The van der Waals surface area contributed by atoms with Gasteiger partial charge in [0.2, 0.25) is 6.10 Å². The average molecular weight is 1490 g/mol. The van der Waals surface area contributed by atoms with Crippen molar-refractivity contribution in [3.05, 3.63) is 0 Å². The van der Waals surface area contributed by atoms with E-state index in [1.165, 1.54) is 14.0 Å². The molecule has 0 radical (unpaired) electrons. The molecule has 0 bridgehead atoms. The Bertz CT molecular complexity index is 2230. The monoisotopic (exact) mass is 1490 g/mol. The third-order valence-corrected chi connectivity index (χ3v) is 7.50. The largest absolute Gasteiger partial charge is 0.513 e. The second kappa shape index (κ2) is 48.8. The van der Waals surface area contributed by atoms with E-state index in [2.05, 4.69) is 90.0 Å². The van der Waals surface area contributed by atoms with Crippen LogP contribution in [-0.4, -0.2) is 236 Å². The lowest BCUT2D eigenvalue weighted by Gasteiger charge is -2.20. The fraction of sp³-hybridized carbons (Fsp3) is 0.767. The highest BCUT2D eigenvalue weighted by Crippen LogP contribution is 2.40. The Balaban J connectivity index is -0.000000322. The molecule has 0 aromatic rings. The molecule has 5 heterocycles. The topological polar surface area (TPSA) is 346 Å². The number of halogens is 24. The van der Waals surface area contributed by atoms with E-state index in [4.69, 9.17) is 0 Å². The van der Waals surface area contributed by atoms with Crippen LogP contribution in [0, 0.1) is 0 Å². The molecule has 5 fully saturated rings. The zero-order valence-corrected chi connectivity index (χ0v) is 48.7. The van der Waals surface area contributed by atoms with Crippen molar-refractivity contribution in [2.75, 3.05) is 87.4 Å². The predicted molar refractivity (Wildman–Crippen MR) is 245 cm³/mol. The number of alkyl halides is 24. The predicted octanol–water partition coefficient (Wildman–Crippen LogP) is 11.9. The van der Waals surface area contributed by atoms with E-state index in [1.807, 2.05) is 0 Å². The summed E-state index contributed by atoms with van der Waals surface area (Å²) in [5.74, 6) is -5.03. The lowest BCUT2D eigenvalue weighted by atomic mass is 10.1. The van der Waals surface area contributed by atoms with Gasteiger partial charge in [0.05, 0.1) is 41.0 Å². The van der Waals surface area contributed by atoms with Crippen LogP contribution in [0.25, 0.3) is 0 Å². The molecule has 5 aliphatic rings. The standard InChI is InChI=1S/C6H5F5O3.C6H9F3O3.C5H7F3O3.C4H3F3O3.C4H5F3O3.C4H4F2O3.C4H6F2O3.C4H8O2.C3H2F2O3.C3H3FO3/c7-5(8,6(9,10)11)1-3-2-13-4(12)14-3;1-2-3-11-5(10)12-4-6(7,8)9;1-2-10-4(9)11-3-5(6,7)8;5-4(6,7)2-1-9-3(8)10-2;1-9-3(8)10-2-4(5,6)7;5-3(6)2-1-8-4(7)9-2;1-8-4(7)9-2-3(5)6;1-3-4(5)6-2;4-1-2(5)8-3(6)7-1;4-2-1-6-3(5)7-2/h3H,1-2H2;2-4H2,1H3;2-3H2,1H3;2H,1H2;2H2,1H3;2-3H,1H2;3H,2H2,1H3;3H2,1-2H3;1-2H;2H,1H2. The van der Waals surface area contributed by atoms with Gasteiger partial charge in [-0.25, -0.2) is 60.7 Å². The van der Waals surface area contributed by atoms with Crippen molar-refractivity contribution in [3.8, 4) is 0 Å². The minimum Gasteiger partial charge on any atom is -0.469 e. The van der Waals surface area contributed by atoms with Crippen LogP contribution in [-0.2, 0) is 94.8 Å². The van der Waals surface area contributed by atoms with Gasteiger partial charge in [-0.2, -0.15) is 87.8 Å². The Morgan fingerprint density at radius 3 is 1.11 bits per heavy atom. The summed E-state index contributed by atoms with van der Waals surface area (Å²) in [6, 6.07) is 0. The molecule has 0 aromatic heterocycles. The van der Waals surface area contributed by atoms with Gasteiger partial charge in [0.15, 0.2) is 39.1 Å². The molecule has 29 nitrogen and oxygen atoms in total. The van der Waals surface area contributed by atoms with E-state index in [-0.39, 0.29) is 32.4 Å². The van der Waals surface area contributed by atoms with Gasteiger partial charge >= 0.3 is 111 Å². The van der Waals surface area contributed by atoms with Gasteiger partial charge in [-0.05, 0) is 13.3 Å². The molecule has 5 rings (SSSR count). The zero-order chi connectivity index (χ0) is 76.0. The maximum Gasteiger partial charge on any atom is 0.513 e. The normalized spacial score (nSPS) is 18.8. The molecule has 0 spiro atoms. The van der Waals surface area contributed by atoms with Crippen LogP contribution >= 0.6 is 0 Å². The number of ether oxygens (including phenoxy) is 19. The molecule has 5 aliphatic heterocycles. The highest BCUT2D eigenvalue weighted by atomic mass is 19.4. The smallest absolute Gasteiger partial charge is 0.469 e. The molecule has 0 N–H and O–H groups in total. The van der Waals surface area contributed by atoms with Gasteiger partial charge in [0.1, 0.15) is 25.9 Å². The second-order valence-electron chi connectivity index (χ2n) is 15.3. The molecule has 0 aliphatic carbocycles. The van der Waals surface area contributed by atoms with E-state index in [1.54, 1.807) is 13.8 Å². The first-order valence-electron chi connectivity index (χ1n) is 24.2. The summed E-state index contributed by atoms with van der Waals surface area (Å²) in [6.45, 7) is -2.64. The SMILES string of the molecule is CCC(=O)OC.CCCOC(=O)OCC(F)(F)F.CCOC(=O)OCC(F)(F)F.COC(=O)OCC(F)(F)F.COC(=O)OCC(F)F.O=C1OC(F)C(F)O1.O=C1OCC(C(F)(F)F)O1.O=C1OCC(C(F)F)O1.O=C1OCC(CC(F)(F)C(F)(F)F)O1.O=C1OCC(F)O1. The second-order valence-corrected chi connectivity index (χ2v) is 15.3. The van der Waals surface area contributed by atoms with Crippen LogP contribution < -0.4 is 0 Å². The molecule has 0 saturated carbocycles. The number of hydrogen-bond acceptors (Lipinski definition) is 29. The number of carbonyl (C=O) groups is 10. The van der Waals surface area contributed by atoms with E-state index in [9.17, 15) is 153 Å². The molecule has 0 amide bonds. The van der Waals surface area contributed by atoms with Crippen molar-refractivity contribution < 1.29 is 243 Å². The molecule has 5 saturated heterocycles. The van der Waals surface area contributed by atoms with E-state index >= 15 is 0 Å². The highest BCUT2D eigenvalue weighted by molar-refractivity contribution is 5.68. The Labute approximate surface area is 519 Å². The maximum atomic E-state index is 12.3. The van der Waals surface area contributed by atoms with Gasteiger partial charge in [0, 0.05) is 6.42 Å². The van der Waals surface area contributed by atoms with E-state index < -0.39 is 189 Å². The van der Waals surface area contributed by atoms with Gasteiger partial charge in [-0.3, -0.25) is 4.79 Å². The van der Waals surface area contributed by atoms with Crippen molar-refractivity contribution >= 4 is 61.4 Å². The number of carbonyl (C=O) groups excluding carboxylic acids is 10. The van der Waals surface area contributed by atoms with Crippen molar-refractivity contribution in [3.63, 3.8) is 0 Å². The summed E-state index contributed by atoms with van der Waals surface area (Å²) < 4.78 is 350. The van der Waals surface area contributed by atoms with Crippen LogP contribution in [0.3, 0.4) is 0 Å². The first kappa shape index (κ1) is 95.9.